The van der Waals surface area contributed by atoms with Gasteiger partial charge < -0.3 is 21.7 Å². The Balaban J connectivity index is -0.000000245. The van der Waals surface area contributed by atoms with Crippen LogP contribution >= 0.6 is 0 Å². The van der Waals surface area contributed by atoms with Crippen LogP contribution in [0.15, 0.2) is 0 Å². The summed E-state index contributed by atoms with van der Waals surface area (Å²) in [7, 11) is 0. The van der Waals surface area contributed by atoms with E-state index in [-0.39, 0.29) is 65.5 Å². The molecular weight excluding hydrogens is 154 g/mol. The van der Waals surface area contributed by atoms with Crippen LogP contribution in [-0.4, -0.2) is 81.3 Å². The molecule has 0 saturated heterocycles. The van der Waals surface area contributed by atoms with E-state index in [1.54, 1.807) is 6.92 Å². The van der Waals surface area contributed by atoms with Gasteiger partial charge in [0.15, 0.2) is 5.72 Å². The number of nitrogens with two attached hydrogens (primary N) is 2. The number of rotatable bonds is 2. The summed E-state index contributed by atoms with van der Waals surface area (Å²) in [5.41, 5.74) is 8.28. The fraction of sp³-hybridized carbons (Fsp3) is 1.00. The molecular formula is C4H14N2Na2O2. The van der Waals surface area contributed by atoms with Crippen molar-refractivity contribution < 1.29 is 10.2 Å². The van der Waals surface area contributed by atoms with Gasteiger partial charge in [-0.25, -0.2) is 0 Å². The second kappa shape index (κ2) is 7.49. The van der Waals surface area contributed by atoms with Crippen LogP contribution < -0.4 is 11.5 Å². The zero-order valence-corrected chi connectivity index (χ0v) is 4.83. The van der Waals surface area contributed by atoms with Gasteiger partial charge in [0.05, 0.1) is 0 Å². The second-order valence-corrected chi connectivity index (χ2v) is 1.79. The quantitative estimate of drug-likeness (QED) is 0.261. The van der Waals surface area contributed by atoms with Gasteiger partial charge in [-0.1, -0.05) is 6.92 Å². The normalized spacial score (nSPS) is 17.7. The van der Waals surface area contributed by atoms with Crippen LogP contribution in [0, 0.1) is 0 Å². The third kappa shape index (κ3) is 6.54. The molecule has 2 atom stereocenters. The van der Waals surface area contributed by atoms with E-state index in [1.807, 2.05) is 0 Å². The first-order valence-corrected chi connectivity index (χ1v) is 2.45. The summed E-state index contributed by atoms with van der Waals surface area (Å²) in [4.78, 5) is 0. The van der Waals surface area contributed by atoms with Gasteiger partial charge in [0.1, 0.15) is 6.23 Å². The maximum absolute atomic E-state index is 8.80. The predicted octanol–water partition coefficient (Wildman–Crippen LogP) is -2.98. The van der Waals surface area contributed by atoms with E-state index in [1.165, 1.54) is 0 Å². The zero-order valence-electron chi connectivity index (χ0n) is 4.83. The summed E-state index contributed by atoms with van der Waals surface area (Å²) in [6, 6.07) is 0. The molecule has 0 radical (unpaired) electrons. The van der Waals surface area contributed by atoms with Crippen molar-refractivity contribution in [1.82, 2.24) is 0 Å². The van der Waals surface area contributed by atoms with E-state index in [2.05, 4.69) is 0 Å². The molecule has 6 heteroatoms. The molecule has 0 aromatic rings. The van der Waals surface area contributed by atoms with Crippen LogP contribution in [0.3, 0.4) is 0 Å². The Morgan fingerprint density at radius 1 is 1.50 bits per heavy atom. The molecule has 0 saturated carbocycles. The SMILES string of the molecule is CCC(N)(O)C(N)O.[NaH].[NaH]. The first kappa shape index (κ1) is 17.8. The molecule has 2 unspecified atom stereocenters. The monoisotopic (exact) mass is 168 g/mol. The zero-order chi connectivity index (χ0) is 6.78. The third-order valence-electron chi connectivity index (χ3n) is 1.08. The van der Waals surface area contributed by atoms with Crippen molar-refractivity contribution in [2.24, 2.45) is 11.5 Å². The van der Waals surface area contributed by atoms with Gasteiger partial charge >= 0.3 is 59.1 Å². The van der Waals surface area contributed by atoms with Gasteiger partial charge in [0.2, 0.25) is 0 Å². The van der Waals surface area contributed by atoms with Crippen molar-refractivity contribution in [3.8, 4) is 0 Å². The Kier molecular flexibility index (Phi) is 13.3. The number of aliphatic hydroxyl groups is 2. The molecule has 0 aliphatic heterocycles. The average molecular weight is 168 g/mol. The molecule has 0 spiro atoms. The van der Waals surface area contributed by atoms with Crippen molar-refractivity contribution in [1.29, 1.82) is 0 Å². The molecule has 4 nitrogen and oxygen atoms in total. The predicted molar refractivity (Wildman–Crippen MR) is 43.9 cm³/mol. The van der Waals surface area contributed by atoms with E-state index < -0.39 is 12.0 Å². The Hall–Kier alpha value is 1.84. The van der Waals surface area contributed by atoms with E-state index in [4.69, 9.17) is 21.7 Å². The third-order valence-corrected chi connectivity index (χ3v) is 1.08. The Morgan fingerprint density at radius 3 is 1.80 bits per heavy atom. The van der Waals surface area contributed by atoms with Crippen LogP contribution in [0.2, 0.25) is 0 Å². The Labute approximate surface area is 105 Å². The van der Waals surface area contributed by atoms with Gasteiger partial charge in [-0.15, -0.1) is 0 Å². The molecule has 0 aromatic carbocycles. The first-order valence-electron chi connectivity index (χ1n) is 2.45. The molecule has 6 N–H and O–H groups in total. The van der Waals surface area contributed by atoms with E-state index in [9.17, 15) is 0 Å². The van der Waals surface area contributed by atoms with Gasteiger partial charge in [-0.2, -0.15) is 0 Å². The number of aliphatic hydroxyl groups excluding tert-OH is 1. The van der Waals surface area contributed by atoms with Crippen LogP contribution in [0.1, 0.15) is 13.3 Å². The fourth-order valence-electron chi connectivity index (χ4n) is 0.209. The van der Waals surface area contributed by atoms with Crippen molar-refractivity contribution >= 4 is 59.1 Å². The van der Waals surface area contributed by atoms with Crippen LogP contribution in [0.25, 0.3) is 0 Å². The van der Waals surface area contributed by atoms with Crippen molar-refractivity contribution in [2.75, 3.05) is 0 Å². The van der Waals surface area contributed by atoms with Gasteiger partial charge in [-0.05, 0) is 6.42 Å². The first-order chi connectivity index (χ1) is 3.50. The number of hydrogen-bond acceptors (Lipinski definition) is 4. The molecule has 10 heavy (non-hydrogen) atoms. The van der Waals surface area contributed by atoms with Gasteiger partial charge in [0.25, 0.3) is 0 Å². The molecule has 0 aliphatic rings. The molecule has 0 bridgehead atoms. The summed E-state index contributed by atoms with van der Waals surface area (Å²) in [6.45, 7) is 1.64. The topological polar surface area (TPSA) is 92.5 Å². The maximum atomic E-state index is 8.80. The second-order valence-electron chi connectivity index (χ2n) is 1.79. The van der Waals surface area contributed by atoms with E-state index >= 15 is 0 Å². The summed E-state index contributed by atoms with van der Waals surface area (Å²) >= 11 is 0. The summed E-state index contributed by atoms with van der Waals surface area (Å²) in [5, 5.41) is 17.3. The van der Waals surface area contributed by atoms with E-state index in [0.29, 0.717) is 0 Å². The molecule has 0 aliphatic carbocycles. The standard InChI is InChI=1S/C4H12N2O2.2Na.2H/c1-2-4(6,8)3(5)7;;;;/h3,7-8H,2,5-6H2,1H3;;;;. The van der Waals surface area contributed by atoms with Gasteiger partial charge in [0, 0.05) is 0 Å². The minimum absolute atomic E-state index is 0. The molecule has 54 valence electrons. The molecule has 0 fully saturated rings. The van der Waals surface area contributed by atoms with Crippen molar-refractivity contribution in [2.45, 2.75) is 25.3 Å². The molecule has 0 heterocycles. The van der Waals surface area contributed by atoms with Crippen molar-refractivity contribution in [3.05, 3.63) is 0 Å². The van der Waals surface area contributed by atoms with Gasteiger partial charge in [-0.3, -0.25) is 0 Å². The molecule has 0 rings (SSSR count). The summed E-state index contributed by atoms with van der Waals surface area (Å²) in [5.74, 6) is 0. The van der Waals surface area contributed by atoms with Crippen LogP contribution in [0.5, 0.6) is 0 Å². The summed E-state index contributed by atoms with van der Waals surface area (Å²) < 4.78 is 0. The minimum atomic E-state index is -1.62. The van der Waals surface area contributed by atoms with Crippen LogP contribution in [-0.2, 0) is 0 Å². The molecule has 0 amide bonds. The molecule has 0 aromatic heterocycles. The average Bonchev–Trinajstić information content (AvgIpc) is 1.67. The Bertz CT molecular complexity index is 79.7. The van der Waals surface area contributed by atoms with Crippen molar-refractivity contribution in [3.63, 3.8) is 0 Å². The Morgan fingerprint density at radius 2 is 1.80 bits per heavy atom. The number of hydrogen-bond donors (Lipinski definition) is 4. The summed E-state index contributed by atoms with van der Waals surface area (Å²) in [6.07, 6.45) is -1.11. The van der Waals surface area contributed by atoms with Crippen LogP contribution in [0.4, 0.5) is 0 Å². The van der Waals surface area contributed by atoms with E-state index in [0.717, 1.165) is 0 Å². The fourth-order valence-corrected chi connectivity index (χ4v) is 0.209.